The maximum Gasteiger partial charge on any atom is 0.347 e. The molecule has 3 atom stereocenters. The van der Waals surface area contributed by atoms with E-state index in [1.54, 1.807) is 45.0 Å². The van der Waals surface area contributed by atoms with E-state index < -0.39 is 43.9 Å². The normalized spacial score (nSPS) is 30.4. The van der Waals surface area contributed by atoms with Crippen molar-refractivity contribution in [2.24, 2.45) is 12.5 Å². The summed E-state index contributed by atoms with van der Waals surface area (Å²) in [5.74, 6) is -0.512. The fraction of sp³-hybridized carbons (Fsp3) is 0.522. The summed E-state index contributed by atoms with van der Waals surface area (Å²) in [6.45, 7) is 7.22. The predicted molar refractivity (Wildman–Crippen MR) is 123 cm³/mol. The van der Waals surface area contributed by atoms with Gasteiger partial charge >= 0.3 is 17.3 Å². The lowest BCUT2D eigenvalue weighted by molar-refractivity contribution is -0.167. The Balaban J connectivity index is 1.74. The number of esters is 1. The Bertz CT molecular complexity index is 1510. The van der Waals surface area contributed by atoms with Gasteiger partial charge < -0.3 is 4.74 Å². The number of hydrogen-bond donors (Lipinski definition) is 0. The molecule has 0 spiro atoms. The molecule has 2 aromatic rings. The molecule has 0 unspecified atom stereocenters. The average Bonchev–Trinajstić information content (AvgIpc) is 3.36. The molecule has 4 heterocycles. The zero-order chi connectivity index (χ0) is 25.0. The molecule has 0 saturated heterocycles. The summed E-state index contributed by atoms with van der Waals surface area (Å²) in [6, 6.07) is 6.63. The Morgan fingerprint density at radius 1 is 0.971 bits per heavy atom. The summed E-state index contributed by atoms with van der Waals surface area (Å²) in [4.78, 5) is 39.8. The minimum absolute atomic E-state index is 0.0136. The molecule has 34 heavy (non-hydrogen) atoms. The summed E-state index contributed by atoms with van der Waals surface area (Å²) in [5, 5.41) is 0. The Kier molecular flexibility index (Phi) is 4.44. The maximum absolute atomic E-state index is 13.5. The highest BCUT2D eigenvalue weighted by Gasteiger charge is 2.70. The molecule has 11 heteroatoms. The van der Waals surface area contributed by atoms with Crippen molar-refractivity contribution < 1.29 is 17.9 Å². The molecule has 6 rings (SSSR count). The summed E-state index contributed by atoms with van der Waals surface area (Å²) in [5.41, 5.74) is -2.27. The summed E-state index contributed by atoms with van der Waals surface area (Å²) in [6.07, 6.45) is 0.198. The Labute approximate surface area is 197 Å². The number of aromatic nitrogens is 3. The third-order valence-electron chi connectivity index (χ3n) is 8.37. The maximum atomic E-state index is 13.5. The van der Waals surface area contributed by atoms with Crippen LogP contribution in [0.1, 0.15) is 32.8 Å². The van der Waals surface area contributed by atoms with Crippen LogP contribution in [-0.2, 0) is 37.7 Å². The molecule has 1 aliphatic carbocycles. The first kappa shape index (κ1) is 22.9. The number of carbonyl (C=O) groups is 1. The Morgan fingerprint density at radius 3 is 2.12 bits per heavy atom. The van der Waals surface area contributed by atoms with Crippen molar-refractivity contribution in [3.8, 4) is 0 Å². The van der Waals surface area contributed by atoms with Crippen LogP contribution < -0.4 is 11.4 Å². The van der Waals surface area contributed by atoms with Gasteiger partial charge in [-0.25, -0.2) is 31.9 Å². The quantitative estimate of drug-likeness (QED) is 0.464. The van der Waals surface area contributed by atoms with Gasteiger partial charge in [-0.1, -0.05) is 17.7 Å². The van der Waals surface area contributed by atoms with E-state index in [-0.39, 0.29) is 24.4 Å². The van der Waals surface area contributed by atoms with Gasteiger partial charge in [0.15, 0.2) is 0 Å². The van der Waals surface area contributed by atoms with E-state index in [1.807, 2.05) is 6.92 Å². The Morgan fingerprint density at radius 2 is 1.53 bits per heavy atom. The number of sulfonamides is 1. The lowest BCUT2D eigenvalue weighted by Gasteiger charge is -2.59. The highest BCUT2D eigenvalue weighted by Crippen LogP contribution is 2.62. The van der Waals surface area contributed by atoms with Crippen molar-refractivity contribution in [2.75, 3.05) is 20.2 Å². The van der Waals surface area contributed by atoms with Crippen LogP contribution in [-0.4, -0.2) is 52.8 Å². The number of nitrogens with zero attached hydrogens (tertiary/aromatic N) is 4. The van der Waals surface area contributed by atoms with Crippen LogP contribution >= 0.6 is 0 Å². The second-order valence-corrected chi connectivity index (χ2v) is 12.1. The van der Waals surface area contributed by atoms with Gasteiger partial charge in [-0.15, -0.1) is 0 Å². The second-order valence-electron chi connectivity index (χ2n) is 10.1. The van der Waals surface area contributed by atoms with Gasteiger partial charge in [0.05, 0.1) is 23.0 Å². The first-order valence-electron chi connectivity index (χ1n) is 11.1. The number of methoxy groups -OCH3 is 1. The Hall–Kier alpha value is -2.92. The lowest BCUT2D eigenvalue weighted by Crippen LogP contribution is -2.70. The number of fused-ring (bicyclic) bond motifs is 1. The van der Waals surface area contributed by atoms with Crippen molar-refractivity contribution in [2.45, 2.75) is 50.1 Å². The van der Waals surface area contributed by atoms with Crippen LogP contribution in [0, 0.1) is 12.3 Å². The van der Waals surface area contributed by atoms with E-state index in [1.165, 1.54) is 27.8 Å². The number of carbonyl (C=O) groups excluding carboxylic acids is 1. The molecule has 1 aromatic heterocycles. The van der Waals surface area contributed by atoms with Crippen molar-refractivity contribution in [3.63, 3.8) is 0 Å². The topological polar surface area (TPSA) is 113 Å². The monoisotopic (exact) mass is 488 g/mol. The van der Waals surface area contributed by atoms with Crippen LogP contribution in [0.15, 0.2) is 49.9 Å². The molecule has 182 valence electrons. The number of hydrogen-bond acceptors (Lipinski definition) is 6. The third kappa shape index (κ3) is 2.38. The highest BCUT2D eigenvalue weighted by atomic mass is 32.2. The summed E-state index contributed by atoms with van der Waals surface area (Å²) < 4.78 is 37.4. The van der Waals surface area contributed by atoms with Crippen molar-refractivity contribution in [1.82, 2.24) is 18.2 Å². The van der Waals surface area contributed by atoms with Gasteiger partial charge in [-0.05, 0) is 57.4 Å². The largest absolute Gasteiger partial charge is 0.469 e. The molecule has 3 aliphatic heterocycles. The van der Waals surface area contributed by atoms with E-state index in [0.717, 1.165) is 15.7 Å². The SMILES string of the molecule is COC(=O)[C@]1(C)C[C@@]2(C)C3=C(CN(S(=O)(=O)c4ccc(C)cc4)C3)[C@@]1(C)n1c(=O)n(C)c(=O)n12. The van der Waals surface area contributed by atoms with Crippen LogP contribution in [0.25, 0.3) is 0 Å². The van der Waals surface area contributed by atoms with Crippen LogP contribution in [0.5, 0.6) is 0 Å². The van der Waals surface area contributed by atoms with Gasteiger partial charge in [0.2, 0.25) is 10.0 Å². The van der Waals surface area contributed by atoms with Gasteiger partial charge in [0.25, 0.3) is 0 Å². The van der Waals surface area contributed by atoms with Gasteiger partial charge in [0.1, 0.15) is 5.54 Å². The summed E-state index contributed by atoms with van der Waals surface area (Å²) in [7, 11) is -1.15. The minimum atomic E-state index is -3.85. The van der Waals surface area contributed by atoms with E-state index in [9.17, 15) is 22.8 Å². The fourth-order valence-electron chi connectivity index (χ4n) is 6.29. The van der Waals surface area contributed by atoms with Gasteiger partial charge in [0, 0.05) is 20.1 Å². The predicted octanol–water partition coefficient (Wildman–Crippen LogP) is 0.685. The standard InChI is InChI=1S/C23H28N4O6S/c1-14-7-9-15(10-8-14)34(31,32)25-11-16-17(12-25)23(4)21(2,18(28)33-6)13-22(16,3)26-19(29)24(5)20(30)27(23)26/h7-10H,11-13H2,1-6H3/t21-,22-,23+/m0/s1. The fourth-order valence-corrected chi connectivity index (χ4v) is 7.67. The first-order chi connectivity index (χ1) is 15.7. The average molecular weight is 489 g/mol. The molecule has 1 aromatic carbocycles. The van der Waals surface area contributed by atoms with Gasteiger partial charge in [-0.3, -0.25) is 4.79 Å². The number of rotatable bonds is 3. The van der Waals surface area contributed by atoms with Crippen molar-refractivity contribution >= 4 is 16.0 Å². The first-order valence-corrected chi connectivity index (χ1v) is 12.5. The highest BCUT2D eigenvalue weighted by molar-refractivity contribution is 7.89. The summed E-state index contributed by atoms with van der Waals surface area (Å²) >= 11 is 0. The molecular formula is C23H28N4O6S. The molecular weight excluding hydrogens is 460 g/mol. The van der Waals surface area contributed by atoms with Crippen molar-refractivity contribution in [3.05, 3.63) is 61.9 Å². The molecule has 2 bridgehead atoms. The minimum Gasteiger partial charge on any atom is -0.469 e. The third-order valence-corrected chi connectivity index (χ3v) is 10.2. The van der Waals surface area contributed by atoms with Crippen LogP contribution in [0.3, 0.4) is 0 Å². The molecule has 0 radical (unpaired) electrons. The lowest BCUT2D eigenvalue weighted by atomic mass is 9.54. The van der Waals surface area contributed by atoms with E-state index >= 15 is 0 Å². The number of aryl methyl sites for hydroxylation is 1. The molecule has 0 amide bonds. The molecule has 0 saturated carbocycles. The van der Waals surface area contributed by atoms with E-state index in [4.69, 9.17) is 4.74 Å². The van der Waals surface area contributed by atoms with E-state index in [0.29, 0.717) is 5.57 Å². The molecule has 0 N–H and O–H groups in total. The van der Waals surface area contributed by atoms with Crippen LogP contribution in [0.4, 0.5) is 0 Å². The smallest absolute Gasteiger partial charge is 0.347 e. The van der Waals surface area contributed by atoms with E-state index in [2.05, 4.69) is 0 Å². The molecule has 4 aliphatic rings. The zero-order valence-electron chi connectivity index (χ0n) is 20.1. The second kappa shape index (κ2) is 6.60. The molecule has 10 nitrogen and oxygen atoms in total. The van der Waals surface area contributed by atoms with Crippen LogP contribution in [0.2, 0.25) is 0 Å². The number of ether oxygens (including phenoxy) is 1. The van der Waals surface area contributed by atoms with Crippen molar-refractivity contribution in [1.29, 1.82) is 0 Å². The zero-order valence-corrected chi connectivity index (χ0v) is 20.9. The molecule has 0 fully saturated rings. The number of benzene rings is 1. The van der Waals surface area contributed by atoms with Gasteiger partial charge in [-0.2, -0.15) is 4.31 Å².